The normalized spacial score (nSPS) is 15.1. The van der Waals surface area contributed by atoms with Crippen molar-refractivity contribution in [1.29, 1.82) is 0 Å². The van der Waals surface area contributed by atoms with Crippen molar-refractivity contribution in [2.75, 3.05) is 0 Å². The van der Waals surface area contributed by atoms with Gasteiger partial charge in [0, 0.05) is 5.56 Å². The number of hydrogen-bond acceptors (Lipinski definition) is 1. The third-order valence-electron chi connectivity index (χ3n) is 3.89. The molecule has 0 aliphatic rings. The first kappa shape index (κ1) is 15.8. The molecular weight excluding hydrogens is 277 g/mol. The van der Waals surface area contributed by atoms with Crippen molar-refractivity contribution in [3.8, 4) is 0 Å². The molecule has 2 rings (SSSR count). The third kappa shape index (κ3) is 2.91. The number of fused-ring (bicyclic) bond motifs is 1. The Hall–Kier alpha value is -1.55. The van der Waals surface area contributed by atoms with Gasteiger partial charge in [-0.3, -0.25) is 0 Å². The highest BCUT2D eigenvalue weighted by Crippen LogP contribution is 2.41. The Morgan fingerprint density at radius 2 is 1.62 bits per heavy atom. The minimum atomic E-state index is -4.71. The van der Waals surface area contributed by atoms with Gasteiger partial charge in [0.15, 0.2) is 5.60 Å². The van der Waals surface area contributed by atoms with Crippen LogP contribution in [0.1, 0.15) is 37.8 Å². The Labute approximate surface area is 122 Å². The van der Waals surface area contributed by atoms with Crippen LogP contribution >= 0.6 is 0 Å². The van der Waals surface area contributed by atoms with Gasteiger partial charge in [-0.2, -0.15) is 13.2 Å². The topological polar surface area (TPSA) is 20.2 Å². The number of halogens is 3. The van der Waals surface area contributed by atoms with Gasteiger partial charge in [-0.05, 0) is 36.1 Å². The van der Waals surface area contributed by atoms with Crippen molar-refractivity contribution in [1.82, 2.24) is 0 Å². The summed E-state index contributed by atoms with van der Waals surface area (Å²) >= 11 is 0. The highest BCUT2D eigenvalue weighted by molar-refractivity contribution is 5.89. The van der Waals surface area contributed by atoms with Crippen LogP contribution in [0.5, 0.6) is 0 Å². The molecule has 0 saturated heterocycles. The fourth-order valence-corrected chi connectivity index (χ4v) is 2.54. The highest BCUT2D eigenvalue weighted by Gasteiger charge is 2.51. The molecule has 0 heterocycles. The van der Waals surface area contributed by atoms with Crippen LogP contribution in [0.4, 0.5) is 13.2 Å². The van der Waals surface area contributed by atoms with Crippen molar-refractivity contribution in [3.05, 3.63) is 47.5 Å². The number of aryl methyl sites for hydroxylation is 1. The maximum absolute atomic E-state index is 13.1. The molecule has 4 heteroatoms. The number of alkyl halides is 3. The zero-order chi connectivity index (χ0) is 15.7. The first-order chi connectivity index (χ1) is 9.79. The molecule has 1 N–H and O–H groups in total. The quantitative estimate of drug-likeness (QED) is 0.846. The van der Waals surface area contributed by atoms with Crippen molar-refractivity contribution >= 4 is 10.8 Å². The van der Waals surface area contributed by atoms with Crippen molar-refractivity contribution in [2.45, 2.75) is 44.9 Å². The molecule has 2 aromatic carbocycles. The Bertz CT molecular complexity index is 629. The highest BCUT2D eigenvalue weighted by atomic mass is 19.4. The van der Waals surface area contributed by atoms with E-state index in [2.05, 4.69) is 6.92 Å². The van der Waals surface area contributed by atoms with Crippen molar-refractivity contribution in [2.24, 2.45) is 0 Å². The molecule has 1 atom stereocenters. The molecular formula is C17H19F3O. The number of benzene rings is 2. The minimum Gasteiger partial charge on any atom is -0.376 e. The van der Waals surface area contributed by atoms with Gasteiger partial charge in [0.1, 0.15) is 0 Å². The molecule has 1 unspecified atom stereocenters. The van der Waals surface area contributed by atoms with Crippen LogP contribution in [-0.4, -0.2) is 11.3 Å². The number of unbranched alkanes of at least 4 members (excludes halogenated alkanes) is 1. The molecule has 1 nitrogen and oxygen atoms in total. The molecule has 21 heavy (non-hydrogen) atoms. The van der Waals surface area contributed by atoms with Crippen LogP contribution in [0.3, 0.4) is 0 Å². The van der Waals surface area contributed by atoms with Crippen LogP contribution in [0.25, 0.3) is 10.8 Å². The van der Waals surface area contributed by atoms with E-state index < -0.39 is 11.8 Å². The lowest BCUT2D eigenvalue weighted by Crippen LogP contribution is -2.39. The number of rotatable bonds is 4. The Morgan fingerprint density at radius 1 is 1.00 bits per heavy atom. The molecule has 0 amide bonds. The molecule has 0 aliphatic carbocycles. The summed E-state index contributed by atoms with van der Waals surface area (Å²) in [6.45, 7) is 2.88. The predicted molar refractivity (Wildman–Crippen MR) is 78.2 cm³/mol. The van der Waals surface area contributed by atoms with Crippen LogP contribution in [-0.2, 0) is 12.0 Å². The molecule has 114 valence electrons. The summed E-state index contributed by atoms with van der Waals surface area (Å²) in [5.74, 6) is 0. The van der Waals surface area contributed by atoms with E-state index in [-0.39, 0.29) is 5.56 Å². The van der Waals surface area contributed by atoms with E-state index in [1.807, 2.05) is 12.1 Å². The summed E-state index contributed by atoms with van der Waals surface area (Å²) in [5, 5.41) is 11.2. The lowest BCUT2D eigenvalue weighted by molar-refractivity contribution is -0.258. The fourth-order valence-electron chi connectivity index (χ4n) is 2.54. The Morgan fingerprint density at radius 3 is 2.24 bits per heavy atom. The van der Waals surface area contributed by atoms with Gasteiger partial charge in [0.05, 0.1) is 0 Å². The van der Waals surface area contributed by atoms with Gasteiger partial charge >= 0.3 is 6.18 Å². The van der Waals surface area contributed by atoms with E-state index in [9.17, 15) is 18.3 Å². The second-order valence-electron chi connectivity index (χ2n) is 5.49. The third-order valence-corrected chi connectivity index (χ3v) is 3.89. The fraction of sp³-hybridized carbons (Fsp3) is 0.412. The standard InChI is InChI=1S/C17H19F3O/c1-3-4-7-12-8-5-10-14-13(12)9-6-11-15(14)16(2,21)17(18,19)20/h5-6,8-11,21H,3-4,7H2,1-2H3. The number of hydrogen-bond donors (Lipinski definition) is 1. The lowest BCUT2D eigenvalue weighted by atomic mass is 9.88. The molecule has 0 saturated carbocycles. The average Bonchev–Trinajstić information content (AvgIpc) is 2.43. The zero-order valence-electron chi connectivity index (χ0n) is 12.2. The molecule has 0 aliphatic heterocycles. The first-order valence-corrected chi connectivity index (χ1v) is 7.09. The summed E-state index contributed by atoms with van der Waals surface area (Å²) < 4.78 is 39.3. The van der Waals surface area contributed by atoms with Crippen LogP contribution in [0, 0.1) is 0 Å². The van der Waals surface area contributed by atoms with Crippen LogP contribution < -0.4 is 0 Å². The van der Waals surface area contributed by atoms with Gasteiger partial charge in [-0.1, -0.05) is 49.7 Å². The molecule has 0 radical (unpaired) electrons. The zero-order valence-corrected chi connectivity index (χ0v) is 12.2. The maximum Gasteiger partial charge on any atom is 0.421 e. The van der Waals surface area contributed by atoms with Gasteiger partial charge in [0.25, 0.3) is 0 Å². The van der Waals surface area contributed by atoms with Crippen LogP contribution in [0.2, 0.25) is 0 Å². The largest absolute Gasteiger partial charge is 0.421 e. The van der Waals surface area contributed by atoms with Gasteiger partial charge in [-0.25, -0.2) is 0 Å². The monoisotopic (exact) mass is 296 g/mol. The summed E-state index contributed by atoms with van der Waals surface area (Å²) in [6.07, 6.45) is -1.87. The van der Waals surface area contributed by atoms with Crippen molar-refractivity contribution < 1.29 is 18.3 Å². The van der Waals surface area contributed by atoms with E-state index in [1.54, 1.807) is 18.2 Å². The summed E-state index contributed by atoms with van der Waals surface area (Å²) in [7, 11) is 0. The van der Waals surface area contributed by atoms with Crippen LogP contribution in [0.15, 0.2) is 36.4 Å². The summed E-state index contributed by atoms with van der Waals surface area (Å²) in [6, 6.07) is 10.1. The van der Waals surface area contributed by atoms with E-state index in [0.29, 0.717) is 5.39 Å². The second kappa shape index (κ2) is 5.68. The molecule has 2 aromatic rings. The second-order valence-corrected chi connectivity index (χ2v) is 5.49. The summed E-state index contributed by atoms with van der Waals surface area (Å²) in [5.41, 5.74) is -1.92. The number of aliphatic hydroxyl groups is 1. The molecule has 0 spiro atoms. The SMILES string of the molecule is CCCCc1cccc2c(C(C)(O)C(F)(F)F)cccc12. The predicted octanol–water partition coefficient (Wildman–Crippen LogP) is 4.95. The van der Waals surface area contributed by atoms with E-state index >= 15 is 0 Å². The van der Waals surface area contributed by atoms with Crippen molar-refractivity contribution in [3.63, 3.8) is 0 Å². The van der Waals surface area contributed by atoms with Gasteiger partial charge < -0.3 is 5.11 Å². The van der Waals surface area contributed by atoms with Gasteiger partial charge in [-0.15, -0.1) is 0 Å². The Kier molecular flexibility index (Phi) is 4.28. The van der Waals surface area contributed by atoms with E-state index in [1.165, 1.54) is 6.07 Å². The molecule has 0 aromatic heterocycles. The maximum atomic E-state index is 13.1. The smallest absolute Gasteiger partial charge is 0.376 e. The lowest BCUT2D eigenvalue weighted by Gasteiger charge is -2.28. The first-order valence-electron chi connectivity index (χ1n) is 7.09. The minimum absolute atomic E-state index is 0.0918. The van der Waals surface area contributed by atoms with E-state index in [0.717, 1.165) is 37.1 Å². The molecule has 0 bridgehead atoms. The van der Waals surface area contributed by atoms with Gasteiger partial charge in [0.2, 0.25) is 0 Å². The Balaban J connectivity index is 2.62. The average molecular weight is 296 g/mol. The molecule has 0 fully saturated rings. The summed E-state index contributed by atoms with van der Waals surface area (Å²) in [4.78, 5) is 0. The van der Waals surface area contributed by atoms with E-state index in [4.69, 9.17) is 0 Å².